The standard InChI is InChI=1S/C23H16FN7O2/c1-12(19-7-17(31-33-19)14-5-3-4-6-16(14)24)21-26-11-15-20(18(8-25)29-22(15)30-21)13-9-27-23(32-2)28-10-13/h3-7,9-12H,1-2H3,(H,26,29,30). The lowest BCUT2D eigenvalue weighted by Crippen LogP contribution is -2.01. The number of nitriles is 1. The largest absolute Gasteiger partial charge is 0.467 e. The van der Waals surface area contributed by atoms with E-state index in [9.17, 15) is 9.65 Å². The Labute approximate surface area is 186 Å². The maximum atomic E-state index is 14.1. The van der Waals surface area contributed by atoms with Gasteiger partial charge in [-0.25, -0.2) is 24.3 Å². The molecule has 9 nitrogen and oxygen atoms in total. The van der Waals surface area contributed by atoms with Crippen LogP contribution < -0.4 is 4.74 Å². The number of nitrogens with zero attached hydrogens (tertiary/aromatic N) is 6. The summed E-state index contributed by atoms with van der Waals surface area (Å²) in [5.41, 5.74) is 2.79. The first-order valence-electron chi connectivity index (χ1n) is 9.95. The molecule has 1 aromatic carbocycles. The molecule has 0 saturated heterocycles. The molecule has 5 rings (SSSR count). The van der Waals surface area contributed by atoms with E-state index >= 15 is 0 Å². The predicted octanol–water partition coefficient (Wildman–Crippen LogP) is 4.24. The second-order valence-electron chi connectivity index (χ2n) is 7.25. The van der Waals surface area contributed by atoms with Crippen LogP contribution in [0.2, 0.25) is 0 Å². The number of aromatic nitrogens is 6. The Hall–Kier alpha value is -4.65. The zero-order chi connectivity index (χ0) is 22.9. The van der Waals surface area contributed by atoms with Crippen molar-refractivity contribution in [3.05, 3.63) is 72.0 Å². The molecular weight excluding hydrogens is 425 g/mol. The maximum Gasteiger partial charge on any atom is 0.316 e. The second kappa shape index (κ2) is 8.12. The van der Waals surface area contributed by atoms with Crippen molar-refractivity contribution in [3.63, 3.8) is 0 Å². The highest BCUT2D eigenvalue weighted by Gasteiger charge is 2.22. The number of hydrogen-bond acceptors (Lipinski definition) is 8. The summed E-state index contributed by atoms with van der Waals surface area (Å²) < 4.78 is 24.5. The minimum absolute atomic E-state index is 0.228. The van der Waals surface area contributed by atoms with Crippen molar-refractivity contribution in [3.8, 4) is 34.5 Å². The van der Waals surface area contributed by atoms with Crippen molar-refractivity contribution in [1.82, 2.24) is 30.1 Å². The number of methoxy groups -OCH3 is 1. The summed E-state index contributed by atoms with van der Waals surface area (Å²) in [7, 11) is 1.48. The van der Waals surface area contributed by atoms with Crippen molar-refractivity contribution >= 4 is 11.0 Å². The van der Waals surface area contributed by atoms with Gasteiger partial charge in [-0.1, -0.05) is 17.3 Å². The molecule has 1 unspecified atom stereocenters. The van der Waals surface area contributed by atoms with Gasteiger partial charge in [-0.3, -0.25) is 0 Å². The van der Waals surface area contributed by atoms with Crippen molar-refractivity contribution in [2.24, 2.45) is 0 Å². The van der Waals surface area contributed by atoms with Gasteiger partial charge in [-0.2, -0.15) is 5.26 Å². The molecule has 0 spiro atoms. The molecule has 0 radical (unpaired) electrons. The molecule has 0 aliphatic rings. The molecule has 1 N–H and O–H groups in total. The van der Waals surface area contributed by atoms with Crippen LogP contribution in [0.25, 0.3) is 33.4 Å². The number of nitrogens with one attached hydrogen (secondary N) is 1. The highest BCUT2D eigenvalue weighted by Crippen LogP contribution is 2.33. The number of halogens is 1. The lowest BCUT2D eigenvalue weighted by atomic mass is 10.1. The van der Waals surface area contributed by atoms with Gasteiger partial charge in [-0.05, 0) is 19.1 Å². The van der Waals surface area contributed by atoms with E-state index in [1.165, 1.54) is 13.2 Å². The van der Waals surface area contributed by atoms with Crippen LogP contribution in [0.15, 0.2) is 53.4 Å². The van der Waals surface area contributed by atoms with Gasteiger partial charge < -0.3 is 14.2 Å². The molecule has 0 amide bonds. The third kappa shape index (κ3) is 3.55. The predicted molar refractivity (Wildman–Crippen MR) is 116 cm³/mol. The minimum atomic E-state index is -0.381. The van der Waals surface area contributed by atoms with Crippen LogP contribution in [0, 0.1) is 17.1 Å². The summed E-state index contributed by atoms with van der Waals surface area (Å²) in [6.07, 6.45) is 4.79. The van der Waals surface area contributed by atoms with E-state index in [0.29, 0.717) is 50.7 Å². The molecule has 0 bridgehead atoms. The van der Waals surface area contributed by atoms with Gasteiger partial charge in [0.15, 0.2) is 0 Å². The van der Waals surface area contributed by atoms with Crippen LogP contribution >= 0.6 is 0 Å². The summed E-state index contributed by atoms with van der Waals surface area (Å²) >= 11 is 0. The van der Waals surface area contributed by atoms with E-state index in [-0.39, 0.29) is 17.7 Å². The molecule has 0 fully saturated rings. The van der Waals surface area contributed by atoms with Gasteiger partial charge in [0.1, 0.15) is 40.5 Å². The SMILES string of the molecule is COc1ncc(-c2c(C#N)[nH]c3nc(C(C)c4cc(-c5ccccc5F)no4)ncc23)cn1. The Morgan fingerprint density at radius 1 is 1.15 bits per heavy atom. The molecule has 33 heavy (non-hydrogen) atoms. The number of H-pyrrole nitrogens is 1. The average molecular weight is 441 g/mol. The van der Waals surface area contributed by atoms with Crippen LogP contribution in [0.3, 0.4) is 0 Å². The highest BCUT2D eigenvalue weighted by atomic mass is 19.1. The summed E-state index contributed by atoms with van der Waals surface area (Å²) in [5, 5.41) is 14.3. The first-order chi connectivity index (χ1) is 16.1. The number of aromatic amines is 1. The lowest BCUT2D eigenvalue weighted by molar-refractivity contribution is 0.374. The summed E-state index contributed by atoms with van der Waals surface area (Å²) in [5.74, 6) is 0.211. The van der Waals surface area contributed by atoms with Crippen LogP contribution in [-0.4, -0.2) is 37.2 Å². The Bertz CT molecular complexity index is 1500. The van der Waals surface area contributed by atoms with Gasteiger partial charge in [0, 0.05) is 46.7 Å². The molecule has 0 aliphatic carbocycles. The van der Waals surface area contributed by atoms with Crippen molar-refractivity contribution in [2.75, 3.05) is 7.11 Å². The molecule has 162 valence electrons. The fraction of sp³-hybridized carbons (Fsp3) is 0.130. The molecule has 1 atom stereocenters. The fourth-order valence-electron chi connectivity index (χ4n) is 3.55. The highest BCUT2D eigenvalue weighted by molar-refractivity contribution is 5.96. The van der Waals surface area contributed by atoms with Crippen LogP contribution in [0.4, 0.5) is 4.39 Å². The fourth-order valence-corrected chi connectivity index (χ4v) is 3.55. The number of rotatable bonds is 5. The van der Waals surface area contributed by atoms with Gasteiger partial charge in [-0.15, -0.1) is 0 Å². The second-order valence-corrected chi connectivity index (χ2v) is 7.25. The zero-order valence-electron chi connectivity index (χ0n) is 17.6. The third-order valence-corrected chi connectivity index (χ3v) is 5.27. The smallest absolute Gasteiger partial charge is 0.316 e. The number of ether oxygens (including phenoxy) is 1. The van der Waals surface area contributed by atoms with Crippen molar-refractivity contribution in [2.45, 2.75) is 12.8 Å². The molecule has 10 heteroatoms. The normalized spacial score (nSPS) is 11.9. The Kier molecular flexibility index (Phi) is 4.99. The van der Waals surface area contributed by atoms with Gasteiger partial charge >= 0.3 is 6.01 Å². The molecule has 0 aliphatic heterocycles. The van der Waals surface area contributed by atoms with E-state index in [0.717, 1.165) is 0 Å². The van der Waals surface area contributed by atoms with Crippen molar-refractivity contribution < 1.29 is 13.7 Å². The van der Waals surface area contributed by atoms with Crippen LogP contribution in [0.5, 0.6) is 6.01 Å². The van der Waals surface area contributed by atoms with E-state index in [1.807, 2.05) is 6.92 Å². The van der Waals surface area contributed by atoms with Crippen LogP contribution in [0.1, 0.15) is 30.1 Å². The average Bonchev–Trinajstić information content (AvgIpc) is 3.48. The monoisotopic (exact) mass is 441 g/mol. The first kappa shape index (κ1) is 20.3. The minimum Gasteiger partial charge on any atom is -0.467 e. The van der Waals surface area contributed by atoms with Gasteiger partial charge in [0.05, 0.1) is 13.0 Å². The molecular formula is C23H16FN7O2. The lowest BCUT2D eigenvalue weighted by Gasteiger charge is -2.06. The third-order valence-electron chi connectivity index (χ3n) is 5.27. The Morgan fingerprint density at radius 3 is 2.67 bits per heavy atom. The summed E-state index contributed by atoms with van der Waals surface area (Å²) in [6.45, 7) is 1.86. The first-order valence-corrected chi connectivity index (χ1v) is 9.95. The Balaban J connectivity index is 1.51. The molecule has 0 saturated carbocycles. The molecule has 5 aromatic rings. The summed E-state index contributed by atoms with van der Waals surface area (Å²) in [6, 6.07) is 10.4. The number of fused-ring (bicyclic) bond motifs is 1. The quantitative estimate of drug-likeness (QED) is 0.429. The van der Waals surface area contributed by atoms with E-state index in [4.69, 9.17) is 9.26 Å². The van der Waals surface area contributed by atoms with Crippen molar-refractivity contribution in [1.29, 1.82) is 5.26 Å². The van der Waals surface area contributed by atoms with E-state index in [2.05, 4.69) is 36.1 Å². The molecule has 4 aromatic heterocycles. The van der Waals surface area contributed by atoms with E-state index in [1.54, 1.807) is 42.9 Å². The topological polar surface area (TPSA) is 126 Å². The molecule has 4 heterocycles. The van der Waals surface area contributed by atoms with Gasteiger partial charge in [0.2, 0.25) is 0 Å². The van der Waals surface area contributed by atoms with E-state index < -0.39 is 0 Å². The zero-order valence-corrected chi connectivity index (χ0v) is 17.6. The number of benzene rings is 1. The van der Waals surface area contributed by atoms with Crippen LogP contribution in [-0.2, 0) is 0 Å². The Morgan fingerprint density at radius 2 is 1.94 bits per heavy atom. The summed E-state index contributed by atoms with van der Waals surface area (Å²) in [4.78, 5) is 20.3. The van der Waals surface area contributed by atoms with Gasteiger partial charge in [0.25, 0.3) is 0 Å². The number of hydrogen-bond donors (Lipinski definition) is 1. The maximum absolute atomic E-state index is 14.1.